The predicted octanol–water partition coefficient (Wildman–Crippen LogP) is 10.7. The smallest absolute Gasteiger partial charge is 0.123 e. The Hall–Kier alpha value is -5.10. The number of hydrogen-bond donors (Lipinski definition) is 6. The van der Waals surface area contributed by atoms with Crippen LogP contribution in [0.4, 0.5) is 0 Å². The van der Waals surface area contributed by atoms with Crippen LogP contribution in [0.15, 0.2) is 110 Å². The van der Waals surface area contributed by atoms with Gasteiger partial charge < -0.3 is 49.7 Å². The topological polar surface area (TPSA) is 170 Å². The molecule has 0 amide bonds. The minimum atomic E-state index is -1.29. The molecule has 2 aromatic carbocycles. The average Bonchev–Trinajstić information content (AvgIpc) is 1.41. The summed E-state index contributed by atoms with van der Waals surface area (Å²) in [6.45, 7) is 7.67. The number of pyridine rings is 2. The molecule has 0 radical (unpaired) electrons. The van der Waals surface area contributed by atoms with Crippen molar-refractivity contribution >= 4 is 54.8 Å². The molecule has 3 spiro atoms. The minimum Gasteiger partial charge on any atom is -0.390 e. The van der Waals surface area contributed by atoms with E-state index in [-0.39, 0.29) is 23.9 Å². The van der Waals surface area contributed by atoms with E-state index < -0.39 is 52.2 Å². The number of nitrogens with one attached hydrogen (secondary N) is 2. The predicted molar refractivity (Wildman–Crippen MR) is 339 cm³/mol. The summed E-state index contributed by atoms with van der Waals surface area (Å²) >= 11 is 0. The molecule has 6 fully saturated rings. The Bertz CT molecular complexity index is 3650. The zero-order valence-electron chi connectivity index (χ0n) is 50.3. The van der Waals surface area contributed by atoms with Gasteiger partial charge in [0.05, 0.1) is 76.7 Å². The van der Waals surface area contributed by atoms with Gasteiger partial charge in [0, 0.05) is 82.0 Å². The monoisotopic (exact) mass is 1160 g/mol. The van der Waals surface area contributed by atoms with Crippen molar-refractivity contribution in [3.63, 3.8) is 0 Å². The van der Waals surface area contributed by atoms with Gasteiger partial charge in [-0.2, -0.15) is 0 Å². The van der Waals surface area contributed by atoms with Crippen LogP contribution in [-0.4, -0.2) is 179 Å². The number of nitrogens with zero attached hydrogens (tertiary/aromatic N) is 6. The molecular weight excluding hydrogens is 1070 g/mol. The Morgan fingerprint density at radius 3 is 1.74 bits per heavy atom. The van der Waals surface area contributed by atoms with E-state index in [0.717, 1.165) is 172 Å². The van der Waals surface area contributed by atoms with Gasteiger partial charge in [0.2, 0.25) is 0 Å². The number of aliphatic hydroxyl groups excluding tert-OH is 2. The second kappa shape index (κ2) is 22.1. The van der Waals surface area contributed by atoms with E-state index >= 15 is 0 Å². The van der Waals surface area contributed by atoms with Crippen molar-refractivity contribution in [2.24, 2.45) is 22.7 Å². The van der Waals surface area contributed by atoms with Gasteiger partial charge in [0.1, 0.15) is 5.72 Å². The van der Waals surface area contributed by atoms with Crippen LogP contribution in [-0.2, 0) is 9.47 Å². The zero-order chi connectivity index (χ0) is 57.8. The molecule has 16 rings (SSSR count). The van der Waals surface area contributed by atoms with Crippen molar-refractivity contribution in [2.45, 2.75) is 175 Å². The molecular formula is C72H90N8O6. The van der Waals surface area contributed by atoms with Crippen LogP contribution >= 0.6 is 0 Å². The van der Waals surface area contributed by atoms with E-state index in [1.54, 1.807) is 0 Å². The summed E-state index contributed by atoms with van der Waals surface area (Å²) in [5, 5.41) is 59.3. The largest absolute Gasteiger partial charge is 0.390 e. The number of aromatic amines is 2. The average molecular weight is 1160 g/mol. The lowest BCUT2D eigenvalue weighted by molar-refractivity contribution is -0.227. The third-order valence-electron chi connectivity index (χ3n) is 23.6. The lowest BCUT2D eigenvalue weighted by Crippen LogP contribution is -2.71. The highest BCUT2D eigenvalue weighted by molar-refractivity contribution is 6.11. The van der Waals surface area contributed by atoms with E-state index in [1.165, 1.54) is 10.8 Å². The van der Waals surface area contributed by atoms with Crippen molar-refractivity contribution in [1.82, 2.24) is 39.5 Å². The molecule has 10 aliphatic rings. The first-order chi connectivity index (χ1) is 42.1. The van der Waals surface area contributed by atoms with Gasteiger partial charge in [-0.15, -0.1) is 0 Å². The van der Waals surface area contributed by atoms with Crippen LogP contribution in [0.3, 0.4) is 0 Å². The number of hydrogen-bond acceptors (Lipinski definition) is 12. The molecule has 14 heteroatoms. The highest BCUT2D eigenvalue weighted by Crippen LogP contribution is 2.66. The number of allylic oxidation sites excluding steroid dienone is 6. The maximum atomic E-state index is 14.4. The van der Waals surface area contributed by atoms with Gasteiger partial charge in [-0.3, -0.25) is 19.8 Å². The van der Waals surface area contributed by atoms with Crippen molar-refractivity contribution in [2.75, 3.05) is 65.5 Å². The Labute approximate surface area is 506 Å². The van der Waals surface area contributed by atoms with Gasteiger partial charge in [0.15, 0.2) is 0 Å². The normalized spacial score (nSPS) is 40.7. The number of rotatable bonds is 2. The molecule has 4 aromatic heterocycles. The number of H-pyrrole nitrogens is 2. The molecule has 6 N–H and O–H groups in total. The molecule has 6 saturated heterocycles. The first-order valence-corrected chi connectivity index (χ1v) is 33.6. The van der Waals surface area contributed by atoms with Gasteiger partial charge in [-0.25, -0.2) is 0 Å². The van der Waals surface area contributed by atoms with Crippen molar-refractivity contribution in [1.29, 1.82) is 0 Å². The van der Waals surface area contributed by atoms with Crippen molar-refractivity contribution < 1.29 is 29.9 Å². The van der Waals surface area contributed by atoms with Gasteiger partial charge in [0.25, 0.3) is 0 Å². The molecule has 14 nitrogen and oxygen atoms in total. The third-order valence-corrected chi connectivity index (χ3v) is 23.6. The summed E-state index contributed by atoms with van der Waals surface area (Å²) in [6, 6.07) is 20.7. The molecule has 2 aliphatic carbocycles. The summed E-state index contributed by atoms with van der Waals surface area (Å²) in [6.07, 6.45) is 30.2. The highest BCUT2D eigenvalue weighted by Gasteiger charge is 2.72. The number of aromatic nitrogens is 4. The lowest BCUT2D eigenvalue weighted by atomic mass is 9.54. The Morgan fingerprint density at radius 2 is 1.09 bits per heavy atom. The molecule has 8 aliphatic heterocycles. The fourth-order valence-corrected chi connectivity index (χ4v) is 20.1. The van der Waals surface area contributed by atoms with E-state index in [2.05, 4.69) is 127 Å². The number of benzene rings is 2. The van der Waals surface area contributed by atoms with Crippen LogP contribution < -0.4 is 0 Å². The van der Waals surface area contributed by atoms with E-state index in [0.29, 0.717) is 71.1 Å². The van der Waals surface area contributed by atoms with Gasteiger partial charge in [-0.1, -0.05) is 60.7 Å². The maximum absolute atomic E-state index is 14.4. The summed E-state index contributed by atoms with van der Waals surface area (Å²) in [4.78, 5) is 28.9. The number of piperidine rings is 2. The summed E-state index contributed by atoms with van der Waals surface area (Å²) in [5.41, 5.74) is 3.68. The quantitative estimate of drug-likeness (QED) is 0.0909. The molecule has 0 saturated carbocycles. The number of fused-ring (bicyclic) bond motifs is 13. The molecule has 3 unspecified atom stereocenters. The van der Waals surface area contributed by atoms with Crippen molar-refractivity contribution in [3.05, 3.63) is 121 Å². The fraction of sp³-hybridized carbons (Fsp3) is 0.583. The van der Waals surface area contributed by atoms with Crippen LogP contribution in [0.2, 0.25) is 0 Å². The second-order valence-corrected chi connectivity index (χ2v) is 28.5. The maximum Gasteiger partial charge on any atom is 0.123 e. The van der Waals surface area contributed by atoms with Crippen LogP contribution in [0.25, 0.3) is 54.8 Å². The number of aliphatic hydroxyl groups is 4. The molecule has 86 heavy (non-hydrogen) atoms. The Balaban J connectivity index is 0.847. The standard InChI is InChI=1S/C72H90N8O6/c81-58-22-17-37-79-40-29-61(58)86-72-32-23-60(85-47-69-46-78-36-16-8-3-1-5-13-30-70(83,66(69)79)42-53(55(69)27-39-78)63-65-51(25-34-74-63)49-19-10-12-21-57(49)76-65)59(82)28-41-80(72)67-68(44-72)45-77-35-15-7-4-2-6-14-31-71(67,84)43-52(54(68)26-38-77)62-64-50(24-33-73-62)48-18-9-11-20-56(48)75-64/h1-2,5-6,9-12,18-21,24-25,33-34,42-43,54-55,58-61,66-67,75-76,81-84H,3-4,7-8,13-17,22-23,26-32,35-41,44-47H2/b5-1-,6-2-/t54-,55-,58+,59-,60+,61-,66+,67+,68-,69+,70-,71-,72+/m0/s1. The first kappa shape index (κ1) is 56.2. The molecule has 16 atom stereocenters. The van der Waals surface area contributed by atoms with E-state index in [4.69, 9.17) is 19.4 Å². The summed E-state index contributed by atoms with van der Waals surface area (Å²) in [5.74, 6) is 0.0323. The van der Waals surface area contributed by atoms with E-state index in [1.807, 2.05) is 12.4 Å². The second-order valence-electron chi connectivity index (χ2n) is 28.5. The van der Waals surface area contributed by atoms with Crippen molar-refractivity contribution in [3.8, 4) is 0 Å². The Morgan fingerprint density at radius 1 is 0.512 bits per heavy atom. The number of para-hydroxylation sites is 2. The Kier molecular flexibility index (Phi) is 14.5. The summed E-state index contributed by atoms with van der Waals surface area (Å²) < 4.78 is 15.9. The number of ether oxygens (including phenoxy) is 2. The van der Waals surface area contributed by atoms with E-state index in [9.17, 15) is 20.4 Å². The highest BCUT2D eigenvalue weighted by atomic mass is 16.5. The summed E-state index contributed by atoms with van der Waals surface area (Å²) in [7, 11) is 0. The molecule has 10 bridgehead atoms. The fourth-order valence-electron chi connectivity index (χ4n) is 20.1. The third kappa shape index (κ3) is 9.22. The van der Waals surface area contributed by atoms with Crippen LogP contribution in [0.5, 0.6) is 0 Å². The van der Waals surface area contributed by atoms with Gasteiger partial charge in [-0.05, 0) is 214 Å². The molecule has 454 valence electrons. The lowest BCUT2D eigenvalue weighted by Gasteiger charge is -2.62. The zero-order valence-corrected chi connectivity index (χ0v) is 50.3. The van der Waals surface area contributed by atoms with Gasteiger partial charge >= 0.3 is 0 Å². The van der Waals surface area contributed by atoms with Crippen LogP contribution in [0, 0.1) is 22.7 Å². The first-order valence-electron chi connectivity index (χ1n) is 33.6. The minimum absolute atomic E-state index is 0.0163. The van der Waals surface area contributed by atoms with Crippen LogP contribution in [0.1, 0.15) is 133 Å². The molecule has 6 aromatic rings. The molecule has 12 heterocycles. The SMILES string of the molecule is O[C@@H]1CCCN2CC[C@@H]1O[C@@]13CC[C@@H](OC[C@]45CN6CCCC/C=C\CC[C@](O)(C=C(c7nccc8c7[nH]c7ccccc78)[C@@H]4CC6)[C@H]25)[C@@H](O)CCN1[C@@H]1[C@]2(CN4CCCC/C=C\CC[C@]1(O)C=C(c1nccc5c1[nH]c1ccccc15)[C@@H]2CC4)C3.